The number of halogens is 1. The summed E-state index contributed by atoms with van der Waals surface area (Å²) in [6.45, 7) is 4.95. The zero-order chi connectivity index (χ0) is 13.8. The molecule has 2 aromatic rings. The van der Waals surface area contributed by atoms with Crippen molar-refractivity contribution in [1.82, 2.24) is 14.8 Å². The Morgan fingerprint density at radius 3 is 2.89 bits per heavy atom. The summed E-state index contributed by atoms with van der Waals surface area (Å²) >= 11 is 3.46. The molecule has 0 aliphatic heterocycles. The van der Waals surface area contributed by atoms with Gasteiger partial charge in [0.05, 0.1) is 6.10 Å². The van der Waals surface area contributed by atoms with E-state index < -0.39 is 6.10 Å². The molecule has 0 amide bonds. The first kappa shape index (κ1) is 14.2. The topological polar surface area (TPSA) is 50.9 Å². The molecule has 1 N–H and O–H groups in total. The Bertz CT molecular complexity index is 553. The average Bonchev–Trinajstić information content (AvgIpc) is 2.80. The molecule has 19 heavy (non-hydrogen) atoms. The van der Waals surface area contributed by atoms with Gasteiger partial charge in [0.25, 0.3) is 0 Å². The number of aliphatic hydroxyl groups is 1. The molecule has 0 aliphatic carbocycles. The zero-order valence-electron chi connectivity index (χ0n) is 11.2. The highest BCUT2D eigenvalue weighted by Gasteiger charge is 2.13. The van der Waals surface area contributed by atoms with Crippen LogP contribution in [0.3, 0.4) is 0 Å². The van der Waals surface area contributed by atoms with Gasteiger partial charge in [-0.15, -0.1) is 0 Å². The lowest BCUT2D eigenvalue weighted by molar-refractivity contribution is 0.174. The summed E-state index contributed by atoms with van der Waals surface area (Å²) in [7, 11) is 0. The van der Waals surface area contributed by atoms with Gasteiger partial charge in [0, 0.05) is 17.4 Å². The standard InChI is InChI=1S/C14H18BrN3O/c1-3-6-18-14(16-9-17-18)8-13(19)11-4-5-12(15)10(2)7-11/h4-5,7,9,13,19H,3,6,8H2,1-2H3. The number of aliphatic hydroxyl groups excluding tert-OH is 1. The minimum absolute atomic E-state index is 0.487. The number of rotatable bonds is 5. The Morgan fingerprint density at radius 1 is 1.42 bits per heavy atom. The minimum Gasteiger partial charge on any atom is -0.388 e. The van der Waals surface area contributed by atoms with Crippen LogP contribution in [0.15, 0.2) is 29.0 Å². The van der Waals surface area contributed by atoms with E-state index in [2.05, 4.69) is 32.9 Å². The number of hydrogen-bond acceptors (Lipinski definition) is 3. The molecule has 2 rings (SSSR count). The molecule has 1 aromatic carbocycles. The van der Waals surface area contributed by atoms with Gasteiger partial charge in [0.1, 0.15) is 12.2 Å². The Kier molecular flexibility index (Phi) is 4.71. The monoisotopic (exact) mass is 323 g/mol. The van der Waals surface area contributed by atoms with Crippen molar-refractivity contribution in [2.24, 2.45) is 0 Å². The first-order valence-electron chi connectivity index (χ1n) is 6.42. The lowest BCUT2D eigenvalue weighted by Gasteiger charge is -2.12. The third-order valence-electron chi connectivity index (χ3n) is 3.07. The van der Waals surface area contributed by atoms with E-state index in [1.807, 2.05) is 29.8 Å². The average molecular weight is 324 g/mol. The Hall–Kier alpha value is -1.20. The molecule has 0 saturated heterocycles. The summed E-state index contributed by atoms with van der Waals surface area (Å²) in [4.78, 5) is 4.22. The predicted molar refractivity (Wildman–Crippen MR) is 77.9 cm³/mol. The van der Waals surface area contributed by atoms with Crippen LogP contribution in [0.1, 0.15) is 36.4 Å². The van der Waals surface area contributed by atoms with Crippen molar-refractivity contribution < 1.29 is 5.11 Å². The molecule has 0 fully saturated rings. The quantitative estimate of drug-likeness (QED) is 0.920. The van der Waals surface area contributed by atoms with Crippen molar-refractivity contribution in [3.05, 3.63) is 46.0 Å². The smallest absolute Gasteiger partial charge is 0.138 e. The molecule has 1 atom stereocenters. The van der Waals surface area contributed by atoms with Crippen LogP contribution < -0.4 is 0 Å². The van der Waals surface area contributed by atoms with E-state index in [0.717, 1.165) is 34.4 Å². The van der Waals surface area contributed by atoms with Crippen molar-refractivity contribution in [2.45, 2.75) is 39.3 Å². The molecular formula is C14H18BrN3O. The molecule has 0 spiro atoms. The second-order valence-electron chi connectivity index (χ2n) is 4.63. The molecule has 102 valence electrons. The van der Waals surface area contributed by atoms with E-state index >= 15 is 0 Å². The van der Waals surface area contributed by atoms with Gasteiger partial charge in [-0.25, -0.2) is 4.98 Å². The van der Waals surface area contributed by atoms with Crippen molar-refractivity contribution in [2.75, 3.05) is 0 Å². The maximum atomic E-state index is 10.3. The number of benzene rings is 1. The SMILES string of the molecule is CCCn1ncnc1CC(O)c1ccc(Br)c(C)c1. The van der Waals surface area contributed by atoms with Crippen molar-refractivity contribution in [3.8, 4) is 0 Å². The molecule has 0 saturated carbocycles. The summed E-state index contributed by atoms with van der Waals surface area (Å²) in [5, 5.41) is 14.5. The third kappa shape index (κ3) is 3.42. The van der Waals surface area contributed by atoms with Crippen LogP contribution in [0.4, 0.5) is 0 Å². The molecule has 0 aliphatic rings. The van der Waals surface area contributed by atoms with Crippen LogP contribution in [0.2, 0.25) is 0 Å². The zero-order valence-corrected chi connectivity index (χ0v) is 12.8. The van der Waals surface area contributed by atoms with E-state index in [-0.39, 0.29) is 0 Å². The fourth-order valence-electron chi connectivity index (χ4n) is 2.01. The number of hydrogen-bond donors (Lipinski definition) is 1. The minimum atomic E-state index is -0.549. The van der Waals surface area contributed by atoms with Crippen LogP contribution >= 0.6 is 15.9 Å². The summed E-state index contributed by atoms with van der Waals surface area (Å²) < 4.78 is 2.91. The molecule has 1 heterocycles. The highest BCUT2D eigenvalue weighted by Crippen LogP contribution is 2.23. The molecule has 0 bridgehead atoms. The first-order chi connectivity index (χ1) is 9.11. The second-order valence-corrected chi connectivity index (χ2v) is 5.48. The van der Waals surface area contributed by atoms with Crippen LogP contribution in [-0.2, 0) is 13.0 Å². The van der Waals surface area contributed by atoms with E-state index in [1.54, 1.807) is 6.33 Å². The lowest BCUT2D eigenvalue weighted by Crippen LogP contribution is -2.10. The van der Waals surface area contributed by atoms with Gasteiger partial charge >= 0.3 is 0 Å². The molecule has 1 unspecified atom stereocenters. The summed E-state index contributed by atoms with van der Waals surface area (Å²) in [5.41, 5.74) is 2.03. The fraction of sp³-hybridized carbons (Fsp3) is 0.429. The van der Waals surface area contributed by atoms with Gasteiger partial charge < -0.3 is 5.11 Å². The molecule has 1 aromatic heterocycles. The van der Waals surface area contributed by atoms with Gasteiger partial charge in [-0.2, -0.15) is 5.10 Å². The third-order valence-corrected chi connectivity index (χ3v) is 3.96. The molecule has 0 radical (unpaired) electrons. The summed E-state index contributed by atoms with van der Waals surface area (Å²) in [6, 6.07) is 5.89. The molecule has 5 heteroatoms. The van der Waals surface area contributed by atoms with Gasteiger partial charge in [-0.3, -0.25) is 4.68 Å². The van der Waals surface area contributed by atoms with Crippen molar-refractivity contribution >= 4 is 15.9 Å². The van der Waals surface area contributed by atoms with Crippen molar-refractivity contribution in [1.29, 1.82) is 0 Å². The van der Waals surface area contributed by atoms with Gasteiger partial charge in [-0.05, 0) is 30.5 Å². The number of nitrogens with zero attached hydrogens (tertiary/aromatic N) is 3. The molecule has 4 nitrogen and oxygen atoms in total. The van der Waals surface area contributed by atoms with Gasteiger partial charge in [-0.1, -0.05) is 35.0 Å². The summed E-state index contributed by atoms with van der Waals surface area (Å²) in [6.07, 6.45) is 2.49. The van der Waals surface area contributed by atoms with Crippen LogP contribution in [0.5, 0.6) is 0 Å². The first-order valence-corrected chi connectivity index (χ1v) is 7.22. The number of aryl methyl sites for hydroxylation is 2. The highest BCUT2D eigenvalue weighted by atomic mass is 79.9. The summed E-state index contributed by atoms with van der Waals surface area (Å²) in [5.74, 6) is 0.829. The van der Waals surface area contributed by atoms with E-state index in [9.17, 15) is 5.11 Å². The normalized spacial score (nSPS) is 12.6. The Morgan fingerprint density at radius 2 is 2.21 bits per heavy atom. The Labute approximate surface area is 121 Å². The predicted octanol–water partition coefficient (Wildman–Crippen LogP) is 3.04. The maximum absolute atomic E-state index is 10.3. The van der Waals surface area contributed by atoms with Crippen molar-refractivity contribution in [3.63, 3.8) is 0 Å². The maximum Gasteiger partial charge on any atom is 0.138 e. The second kappa shape index (κ2) is 6.30. The van der Waals surface area contributed by atoms with E-state index in [1.165, 1.54) is 0 Å². The van der Waals surface area contributed by atoms with Crippen LogP contribution in [0, 0.1) is 6.92 Å². The van der Waals surface area contributed by atoms with Gasteiger partial charge in [0.15, 0.2) is 0 Å². The van der Waals surface area contributed by atoms with Crippen LogP contribution in [-0.4, -0.2) is 19.9 Å². The van der Waals surface area contributed by atoms with E-state index in [4.69, 9.17) is 0 Å². The van der Waals surface area contributed by atoms with Crippen LogP contribution in [0.25, 0.3) is 0 Å². The van der Waals surface area contributed by atoms with E-state index in [0.29, 0.717) is 6.42 Å². The largest absolute Gasteiger partial charge is 0.388 e. The van der Waals surface area contributed by atoms with Gasteiger partial charge in [0.2, 0.25) is 0 Å². The fourth-order valence-corrected chi connectivity index (χ4v) is 2.26. The molecular weight excluding hydrogens is 306 g/mol. The highest BCUT2D eigenvalue weighted by molar-refractivity contribution is 9.10. The number of aromatic nitrogens is 3. The lowest BCUT2D eigenvalue weighted by atomic mass is 10.0. The Balaban J connectivity index is 2.13.